The van der Waals surface area contributed by atoms with Gasteiger partial charge >= 0.3 is 0 Å². The molecule has 1 aliphatic carbocycles. The second kappa shape index (κ2) is 7.29. The lowest BCUT2D eigenvalue weighted by Crippen LogP contribution is -2.41. The van der Waals surface area contributed by atoms with Gasteiger partial charge in [0.2, 0.25) is 11.9 Å². The lowest BCUT2D eigenvalue weighted by atomic mass is 9.90. The molecule has 1 atom stereocenters. The lowest BCUT2D eigenvalue weighted by molar-refractivity contribution is -0.132. The van der Waals surface area contributed by atoms with Crippen LogP contribution >= 0.6 is 0 Å². The first-order chi connectivity index (χ1) is 16.0. The average molecular weight is 450 g/mol. The molecule has 3 aromatic rings. The summed E-state index contributed by atoms with van der Waals surface area (Å²) in [7, 11) is 0. The first kappa shape index (κ1) is 20.2. The number of likely N-dealkylation sites (tertiary alicyclic amines) is 2. The highest BCUT2D eigenvalue weighted by Crippen LogP contribution is 2.60. The number of nitrogens with one attached hydrogen (secondary N) is 1. The summed E-state index contributed by atoms with van der Waals surface area (Å²) in [6, 6.07) is 3.44. The Hall–Kier alpha value is -3.43. The van der Waals surface area contributed by atoms with Crippen molar-refractivity contribution in [3.8, 4) is 5.95 Å². The van der Waals surface area contributed by atoms with Crippen LogP contribution in [-0.2, 0) is 4.79 Å². The maximum Gasteiger partial charge on any atom is 0.276 e. The molecule has 2 amide bonds. The molecule has 1 saturated carbocycles. The van der Waals surface area contributed by atoms with E-state index in [1.54, 1.807) is 31.5 Å². The van der Waals surface area contributed by atoms with Crippen molar-refractivity contribution in [2.24, 2.45) is 11.3 Å². The van der Waals surface area contributed by atoms with Gasteiger partial charge in [-0.15, -0.1) is 5.10 Å². The Kier molecular flexibility index (Phi) is 4.46. The minimum absolute atomic E-state index is 0.0685. The van der Waals surface area contributed by atoms with E-state index in [0.29, 0.717) is 35.8 Å². The normalized spacial score (nSPS) is 21.8. The standard InChI is InChI=1S/C23H27N7O3/c1-15-16(14-24-30(15)22-25-19(31)18-5-4-10-29(18)26-22)20(32)28-11-6-23(7-12-28)13-17(23)21(33)27-8-2-3-9-27/h4-5,10,14,17H,2-3,6-9,11-13H2,1H3,(H,25,26,31). The Bertz CT molecular complexity index is 1310. The number of H-pyrrole nitrogens is 1. The molecule has 1 unspecified atom stereocenters. The zero-order valence-electron chi connectivity index (χ0n) is 18.7. The molecule has 172 valence electrons. The summed E-state index contributed by atoms with van der Waals surface area (Å²) in [5.41, 5.74) is 1.40. The van der Waals surface area contributed by atoms with Gasteiger partial charge in [0, 0.05) is 38.3 Å². The van der Waals surface area contributed by atoms with Gasteiger partial charge in [0.05, 0.1) is 17.5 Å². The van der Waals surface area contributed by atoms with Crippen LogP contribution in [0, 0.1) is 18.3 Å². The third kappa shape index (κ3) is 3.19. The van der Waals surface area contributed by atoms with Crippen LogP contribution in [0.2, 0.25) is 0 Å². The molecule has 33 heavy (non-hydrogen) atoms. The fraction of sp³-hybridized carbons (Fsp3) is 0.522. The number of aromatic amines is 1. The molecule has 2 aliphatic heterocycles. The second-order valence-corrected chi connectivity index (χ2v) is 9.61. The molecule has 2 saturated heterocycles. The topological polar surface area (TPSA) is 109 Å². The first-order valence-electron chi connectivity index (χ1n) is 11.7. The minimum Gasteiger partial charge on any atom is -0.342 e. The zero-order valence-corrected chi connectivity index (χ0v) is 18.7. The van der Waals surface area contributed by atoms with Crippen LogP contribution in [0.5, 0.6) is 0 Å². The molecule has 0 aromatic carbocycles. The van der Waals surface area contributed by atoms with Crippen molar-refractivity contribution in [3.05, 3.63) is 46.1 Å². The van der Waals surface area contributed by atoms with Gasteiger partial charge in [-0.2, -0.15) is 5.10 Å². The van der Waals surface area contributed by atoms with Gasteiger partial charge in [0.15, 0.2) is 0 Å². The number of fused-ring (bicyclic) bond motifs is 1. The Morgan fingerprint density at radius 1 is 1.12 bits per heavy atom. The van der Waals surface area contributed by atoms with E-state index >= 15 is 0 Å². The quantitative estimate of drug-likeness (QED) is 0.650. The van der Waals surface area contributed by atoms with Crippen LogP contribution in [0.15, 0.2) is 29.3 Å². The van der Waals surface area contributed by atoms with Crippen molar-refractivity contribution in [1.82, 2.24) is 34.2 Å². The Balaban J connectivity index is 1.16. The number of aromatic nitrogens is 5. The summed E-state index contributed by atoms with van der Waals surface area (Å²) in [5.74, 6) is 0.662. The van der Waals surface area contributed by atoms with E-state index < -0.39 is 0 Å². The summed E-state index contributed by atoms with van der Waals surface area (Å²) in [5, 5.41) is 8.73. The van der Waals surface area contributed by atoms with Gasteiger partial charge in [-0.3, -0.25) is 19.4 Å². The van der Waals surface area contributed by atoms with Gasteiger partial charge in [-0.1, -0.05) is 0 Å². The molecule has 0 radical (unpaired) electrons. The molecular formula is C23H27N7O3. The van der Waals surface area contributed by atoms with Crippen molar-refractivity contribution < 1.29 is 9.59 Å². The Morgan fingerprint density at radius 3 is 2.64 bits per heavy atom. The van der Waals surface area contributed by atoms with Crippen LogP contribution < -0.4 is 5.56 Å². The van der Waals surface area contributed by atoms with Gasteiger partial charge < -0.3 is 9.80 Å². The number of hydrogen-bond acceptors (Lipinski definition) is 5. The van der Waals surface area contributed by atoms with E-state index in [2.05, 4.69) is 15.2 Å². The molecule has 10 nitrogen and oxygen atoms in total. The number of rotatable bonds is 3. The maximum atomic E-state index is 13.3. The first-order valence-corrected chi connectivity index (χ1v) is 11.7. The summed E-state index contributed by atoms with van der Waals surface area (Å²) >= 11 is 0. The number of carbonyl (C=O) groups is 2. The molecule has 0 bridgehead atoms. The fourth-order valence-electron chi connectivity index (χ4n) is 5.59. The third-order valence-electron chi connectivity index (χ3n) is 7.78. The van der Waals surface area contributed by atoms with Crippen molar-refractivity contribution in [2.45, 2.75) is 39.0 Å². The minimum atomic E-state index is -0.267. The van der Waals surface area contributed by atoms with E-state index in [1.165, 1.54) is 9.20 Å². The predicted molar refractivity (Wildman–Crippen MR) is 119 cm³/mol. The highest BCUT2D eigenvalue weighted by atomic mass is 16.2. The average Bonchev–Trinajstić information content (AvgIpc) is 3.30. The molecule has 5 heterocycles. The number of nitrogens with zero attached hydrogens (tertiary/aromatic N) is 6. The zero-order chi connectivity index (χ0) is 22.7. The van der Waals surface area contributed by atoms with Gasteiger partial charge in [-0.05, 0) is 56.6 Å². The predicted octanol–water partition coefficient (Wildman–Crippen LogP) is 1.38. The molecule has 10 heteroatoms. The number of hydrogen-bond donors (Lipinski definition) is 1. The SMILES string of the molecule is Cc1c(C(=O)N2CCC3(CC2)CC3C(=O)N2CCCC2)cnn1-c1nn2cccc2c(=O)[nH]1. The summed E-state index contributed by atoms with van der Waals surface area (Å²) in [6.45, 7) is 4.90. The molecule has 3 fully saturated rings. The molecule has 1 spiro atoms. The van der Waals surface area contributed by atoms with Crippen LogP contribution in [-0.4, -0.2) is 72.2 Å². The molecule has 6 rings (SSSR count). The molecule has 3 aliphatic rings. The molecule has 3 aromatic heterocycles. The largest absolute Gasteiger partial charge is 0.342 e. The van der Waals surface area contributed by atoms with E-state index in [4.69, 9.17) is 0 Å². The Labute approximate surface area is 190 Å². The Morgan fingerprint density at radius 2 is 1.88 bits per heavy atom. The number of carbonyl (C=O) groups excluding carboxylic acids is 2. The maximum absolute atomic E-state index is 13.3. The van der Waals surface area contributed by atoms with Crippen LogP contribution in [0.1, 0.15) is 48.2 Å². The number of amides is 2. The monoisotopic (exact) mass is 449 g/mol. The van der Waals surface area contributed by atoms with Crippen LogP contribution in [0.3, 0.4) is 0 Å². The van der Waals surface area contributed by atoms with Gasteiger partial charge in [0.25, 0.3) is 11.5 Å². The van der Waals surface area contributed by atoms with E-state index in [0.717, 1.165) is 45.2 Å². The smallest absolute Gasteiger partial charge is 0.276 e. The van der Waals surface area contributed by atoms with E-state index in [-0.39, 0.29) is 28.7 Å². The summed E-state index contributed by atoms with van der Waals surface area (Å²) in [4.78, 5) is 45.0. The summed E-state index contributed by atoms with van der Waals surface area (Å²) < 4.78 is 2.99. The third-order valence-corrected chi connectivity index (χ3v) is 7.78. The highest BCUT2D eigenvalue weighted by Gasteiger charge is 2.59. The van der Waals surface area contributed by atoms with Crippen molar-refractivity contribution in [2.75, 3.05) is 26.2 Å². The van der Waals surface area contributed by atoms with Crippen molar-refractivity contribution in [1.29, 1.82) is 0 Å². The summed E-state index contributed by atoms with van der Waals surface area (Å²) in [6.07, 6.45) is 8.17. The van der Waals surface area contributed by atoms with E-state index in [9.17, 15) is 14.4 Å². The van der Waals surface area contributed by atoms with Crippen LogP contribution in [0.25, 0.3) is 11.5 Å². The number of piperidine rings is 1. The molecule has 1 N–H and O–H groups in total. The van der Waals surface area contributed by atoms with Crippen molar-refractivity contribution in [3.63, 3.8) is 0 Å². The van der Waals surface area contributed by atoms with Crippen molar-refractivity contribution >= 4 is 17.3 Å². The van der Waals surface area contributed by atoms with Crippen LogP contribution in [0.4, 0.5) is 0 Å². The van der Waals surface area contributed by atoms with Gasteiger partial charge in [0.1, 0.15) is 5.52 Å². The highest BCUT2D eigenvalue weighted by molar-refractivity contribution is 5.95. The van der Waals surface area contributed by atoms with Gasteiger partial charge in [-0.25, -0.2) is 9.20 Å². The van der Waals surface area contributed by atoms with E-state index in [1.807, 2.05) is 9.80 Å². The fourth-order valence-corrected chi connectivity index (χ4v) is 5.59. The molecular weight excluding hydrogens is 422 g/mol. The second-order valence-electron chi connectivity index (χ2n) is 9.61. The lowest BCUT2D eigenvalue weighted by Gasteiger charge is -2.33.